The smallest absolute Gasteiger partial charge is 0.0235 e. The molecule has 0 aromatic carbocycles. The Morgan fingerprint density at radius 2 is 1.21 bits per heavy atom. The van der Waals surface area contributed by atoms with E-state index in [0.29, 0.717) is 27.1 Å². The first kappa shape index (κ1) is 20.9. The van der Waals surface area contributed by atoms with Crippen LogP contribution in [0.15, 0.2) is 0 Å². The van der Waals surface area contributed by atoms with Gasteiger partial charge in [-0.05, 0) is 121 Å². The van der Waals surface area contributed by atoms with Gasteiger partial charge in [0.2, 0.25) is 0 Å². The zero-order chi connectivity index (χ0) is 20.9. The Hall–Kier alpha value is 0. The topological polar surface area (TPSA) is 0 Å². The fourth-order valence-electron chi connectivity index (χ4n) is 11.9. The van der Waals surface area contributed by atoms with Crippen LogP contribution in [0.2, 0.25) is 0 Å². The van der Waals surface area contributed by atoms with Gasteiger partial charge < -0.3 is 0 Å². The van der Waals surface area contributed by atoms with Gasteiger partial charge in [-0.25, -0.2) is 0 Å². The molecular formula is C29H50. The summed E-state index contributed by atoms with van der Waals surface area (Å²) in [5, 5.41) is 0. The summed E-state index contributed by atoms with van der Waals surface area (Å²) < 4.78 is 0. The molecule has 9 atom stereocenters. The monoisotopic (exact) mass is 398 g/mol. The van der Waals surface area contributed by atoms with Crippen molar-refractivity contribution in [3.8, 4) is 0 Å². The van der Waals surface area contributed by atoms with Gasteiger partial charge in [-0.3, -0.25) is 0 Å². The summed E-state index contributed by atoms with van der Waals surface area (Å²) in [6.45, 7) is 18.8. The van der Waals surface area contributed by atoms with Crippen molar-refractivity contribution in [2.45, 2.75) is 126 Å². The third kappa shape index (κ3) is 2.44. The zero-order valence-corrected chi connectivity index (χ0v) is 20.9. The van der Waals surface area contributed by atoms with Gasteiger partial charge in [-0.1, -0.05) is 61.3 Å². The van der Waals surface area contributed by atoms with Crippen molar-refractivity contribution in [1.82, 2.24) is 0 Å². The Bertz CT molecular complexity index is 661. The fraction of sp³-hybridized carbons (Fsp3) is 1.00. The first-order chi connectivity index (χ1) is 13.5. The van der Waals surface area contributed by atoms with Crippen molar-refractivity contribution in [2.24, 2.45) is 56.7 Å². The van der Waals surface area contributed by atoms with Gasteiger partial charge in [0.25, 0.3) is 0 Å². The molecule has 5 aliphatic carbocycles. The second-order valence-electron chi connectivity index (χ2n) is 14.3. The molecule has 0 bridgehead atoms. The molecular weight excluding hydrogens is 348 g/mol. The number of hydrogen-bond acceptors (Lipinski definition) is 0. The Labute approximate surface area is 182 Å². The normalized spacial score (nSPS) is 58.7. The minimum atomic E-state index is 0.565. The maximum atomic E-state index is 2.81. The van der Waals surface area contributed by atoms with Gasteiger partial charge in [-0.15, -0.1) is 0 Å². The van der Waals surface area contributed by atoms with E-state index in [1.807, 2.05) is 0 Å². The second-order valence-corrected chi connectivity index (χ2v) is 14.3. The lowest BCUT2D eigenvalue weighted by molar-refractivity contribution is -0.241. The number of hydrogen-bond donors (Lipinski definition) is 0. The van der Waals surface area contributed by atoms with Crippen molar-refractivity contribution >= 4 is 0 Å². The first-order valence-electron chi connectivity index (χ1n) is 13.5. The highest BCUT2D eigenvalue weighted by atomic mass is 14.7. The quantitative estimate of drug-likeness (QED) is 0.413. The Morgan fingerprint density at radius 1 is 0.586 bits per heavy atom. The Kier molecular flexibility index (Phi) is 4.52. The molecule has 5 fully saturated rings. The largest absolute Gasteiger partial charge is 0.0651 e. The highest BCUT2D eigenvalue weighted by Crippen LogP contribution is 2.77. The van der Waals surface area contributed by atoms with Crippen LogP contribution in [0.1, 0.15) is 126 Å². The predicted octanol–water partition coefficient (Wildman–Crippen LogP) is 8.89. The molecule has 0 aromatic heterocycles. The molecule has 5 rings (SSSR count). The molecule has 5 saturated carbocycles. The van der Waals surface area contributed by atoms with E-state index >= 15 is 0 Å². The lowest BCUT2D eigenvalue weighted by atomic mass is 9.32. The van der Waals surface area contributed by atoms with Gasteiger partial charge in [0.05, 0.1) is 0 Å². The molecule has 29 heavy (non-hydrogen) atoms. The summed E-state index contributed by atoms with van der Waals surface area (Å²) in [4.78, 5) is 0. The van der Waals surface area contributed by atoms with Crippen LogP contribution in [0, 0.1) is 56.7 Å². The van der Waals surface area contributed by atoms with Crippen LogP contribution < -0.4 is 0 Å². The maximum Gasteiger partial charge on any atom is -0.0235 e. The molecule has 0 aliphatic heterocycles. The molecule has 0 heterocycles. The van der Waals surface area contributed by atoms with Gasteiger partial charge in [-0.2, -0.15) is 0 Å². The minimum Gasteiger partial charge on any atom is -0.0651 e. The number of fused-ring (bicyclic) bond motifs is 7. The van der Waals surface area contributed by atoms with Gasteiger partial charge in [0.1, 0.15) is 0 Å². The molecule has 0 radical (unpaired) electrons. The molecule has 5 aliphatic rings. The Morgan fingerprint density at radius 3 is 1.86 bits per heavy atom. The van der Waals surface area contributed by atoms with E-state index in [-0.39, 0.29) is 0 Å². The van der Waals surface area contributed by atoms with E-state index in [4.69, 9.17) is 0 Å². The van der Waals surface area contributed by atoms with Crippen molar-refractivity contribution in [3.63, 3.8) is 0 Å². The highest BCUT2D eigenvalue weighted by Gasteiger charge is 2.69. The van der Waals surface area contributed by atoms with Gasteiger partial charge in [0, 0.05) is 0 Å². The van der Waals surface area contributed by atoms with Crippen LogP contribution in [0.5, 0.6) is 0 Å². The summed E-state index contributed by atoms with van der Waals surface area (Å²) in [6.07, 6.45) is 18.1. The van der Waals surface area contributed by atoms with Gasteiger partial charge >= 0.3 is 0 Å². The fourth-order valence-corrected chi connectivity index (χ4v) is 11.9. The third-order valence-corrected chi connectivity index (χ3v) is 13.4. The molecule has 9 unspecified atom stereocenters. The van der Waals surface area contributed by atoms with Crippen LogP contribution in [0.3, 0.4) is 0 Å². The molecule has 166 valence electrons. The van der Waals surface area contributed by atoms with Crippen LogP contribution in [-0.4, -0.2) is 0 Å². The molecule has 0 amide bonds. The molecule has 0 spiro atoms. The molecule has 0 heteroatoms. The zero-order valence-electron chi connectivity index (χ0n) is 20.9. The van der Waals surface area contributed by atoms with E-state index in [1.54, 1.807) is 12.8 Å². The summed E-state index contributed by atoms with van der Waals surface area (Å²) in [6, 6.07) is 0. The van der Waals surface area contributed by atoms with E-state index in [1.165, 1.54) is 64.2 Å². The summed E-state index contributed by atoms with van der Waals surface area (Å²) in [5.41, 5.74) is 2.97. The average Bonchev–Trinajstić information content (AvgIpc) is 2.98. The summed E-state index contributed by atoms with van der Waals surface area (Å²) >= 11 is 0. The maximum absolute atomic E-state index is 2.81. The molecule has 0 saturated heterocycles. The summed E-state index contributed by atoms with van der Waals surface area (Å²) in [5.74, 6) is 4.99. The highest BCUT2D eigenvalue weighted by molar-refractivity contribution is 5.18. The Balaban J connectivity index is 1.53. The van der Waals surface area contributed by atoms with Crippen molar-refractivity contribution in [1.29, 1.82) is 0 Å². The van der Waals surface area contributed by atoms with E-state index in [0.717, 1.165) is 29.6 Å². The molecule has 0 aromatic rings. The summed E-state index contributed by atoms with van der Waals surface area (Å²) in [7, 11) is 0. The lowest BCUT2D eigenvalue weighted by Gasteiger charge is -2.73. The standard InChI is InChI=1S/C29H50/c1-8-20-12-17-26(4)21(20)13-18-28(6)23(26)10-11-24-27(5)16-9-15-25(2,3)22(27)14-19-29(24,28)7/h20-24H,8-19H2,1-7H3. The van der Waals surface area contributed by atoms with Crippen LogP contribution in [-0.2, 0) is 0 Å². The number of rotatable bonds is 1. The first-order valence-corrected chi connectivity index (χ1v) is 13.5. The predicted molar refractivity (Wildman–Crippen MR) is 125 cm³/mol. The minimum absolute atomic E-state index is 0.565. The van der Waals surface area contributed by atoms with Crippen LogP contribution in [0.25, 0.3) is 0 Å². The van der Waals surface area contributed by atoms with E-state index in [2.05, 4.69) is 48.5 Å². The third-order valence-electron chi connectivity index (χ3n) is 13.4. The molecule has 0 nitrogen and oxygen atoms in total. The lowest BCUT2D eigenvalue weighted by Crippen LogP contribution is -2.65. The second kappa shape index (κ2) is 6.28. The average molecular weight is 399 g/mol. The van der Waals surface area contributed by atoms with E-state index in [9.17, 15) is 0 Å². The van der Waals surface area contributed by atoms with E-state index < -0.39 is 0 Å². The van der Waals surface area contributed by atoms with Gasteiger partial charge in [0.15, 0.2) is 0 Å². The molecule has 0 N–H and O–H groups in total. The van der Waals surface area contributed by atoms with Crippen LogP contribution >= 0.6 is 0 Å². The van der Waals surface area contributed by atoms with Crippen molar-refractivity contribution < 1.29 is 0 Å². The SMILES string of the molecule is CCC1CCC2(C)C1CCC1(C)C2CCC2C3(C)CCCC(C)(C)C3CCC21C. The van der Waals surface area contributed by atoms with Crippen LogP contribution in [0.4, 0.5) is 0 Å². The van der Waals surface area contributed by atoms with Crippen molar-refractivity contribution in [3.05, 3.63) is 0 Å². The van der Waals surface area contributed by atoms with Crippen molar-refractivity contribution in [2.75, 3.05) is 0 Å².